The molecule has 0 radical (unpaired) electrons. The van der Waals surface area contributed by atoms with Gasteiger partial charge in [-0.3, -0.25) is 0 Å². The lowest BCUT2D eigenvalue weighted by atomic mass is 9.77. The van der Waals surface area contributed by atoms with Crippen molar-refractivity contribution in [2.24, 2.45) is 11.1 Å². The monoisotopic (exact) mass is 239 g/mol. The molecule has 2 rings (SSSR count). The number of hydrogen-bond acceptors (Lipinski definition) is 2. The number of halogens is 1. The number of nitrogens with two attached hydrogens (primary N) is 1. The topological polar surface area (TPSA) is 46.2 Å². The summed E-state index contributed by atoms with van der Waals surface area (Å²) in [5.74, 6) is 0. The van der Waals surface area contributed by atoms with Gasteiger partial charge in [-0.1, -0.05) is 36.6 Å². The van der Waals surface area contributed by atoms with Gasteiger partial charge in [-0.05, 0) is 30.5 Å². The van der Waals surface area contributed by atoms with E-state index in [2.05, 4.69) is 0 Å². The number of rotatable bonds is 3. The van der Waals surface area contributed by atoms with E-state index >= 15 is 0 Å². The fraction of sp³-hybridized carbons (Fsp3) is 0.538. The van der Waals surface area contributed by atoms with Gasteiger partial charge in [0.25, 0.3) is 0 Å². The molecule has 0 spiro atoms. The quantitative estimate of drug-likeness (QED) is 0.852. The van der Waals surface area contributed by atoms with Crippen LogP contribution in [0.1, 0.15) is 37.4 Å². The smallest absolute Gasteiger partial charge is 0.0858 e. The molecule has 16 heavy (non-hydrogen) atoms. The van der Waals surface area contributed by atoms with Crippen molar-refractivity contribution in [2.45, 2.75) is 31.8 Å². The van der Waals surface area contributed by atoms with Crippen LogP contribution in [-0.4, -0.2) is 11.7 Å². The molecule has 1 aromatic rings. The Bertz CT molecular complexity index is 343. The van der Waals surface area contributed by atoms with E-state index < -0.39 is 6.10 Å². The second-order valence-electron chi connectivity index (χ2n) is 4.73. The van der Waals surface area contributed by atoms with Crippen molar-refractivity contribution in [1.82, 2.24) is 0 Å². The number of aliphatic hydroxyl groups excluding tert-OH is 1. The third-order valence-electron chi connectivity index (χ3n) is 3.77. The lowest BCUT2D eigenvalue weighted by Crippen LogP contribution is -2.34. The van der Waals surface area contributed by atoms with Gasteiger partial charge >= 0.3 is 0 Å². The molecule has 0 aliphatic heterocycles. The molecule has 1 atom stereocenters. The van der Waals surface area contributed by atoms with E-state index in [1.54, 1.807) is 0 Å². The Morgan fingerprint density at radius 2 is 1.81 bits per heavy atom. The minimum atomic E-state index is -0.461. The van der Waals surface area contributed by atoms with E-state index in [-0.39, 0.29) is 5.41 Å². The summed E-state index contributed by atoms with van der Waals surface area (Å²) >= 11 is 5.84. The molecule has 1 aliphatic rings. The predicted octanol–water partition coefficient (Wildman–Crippen LogP) is 2.89. The Labute approximate surface area is 101 Å². The van der Waals surface area contributed by atoms with Gasteiger partial charge in [0.1, 0.15) is 0 Å². The average Bonchev–Trinajstić information content (AvgIpc) is 2.79. The Balaban J connectivity index is 2.23. The first-order valence-corrected chi connectivity index (χ1v) is 6.19. The van der Waals surface area contributed by atoms with Crippen LogP contribution in [0.3, 0.4) is 0 Å². The van der Waals surface area contributed by atoms with Crippen LogP contribution < -0.4 is 5.73 Å². The minimum Gasteiger partial charge on any atom is -0.388 e. The van der Waals surface area contributed by atoms with Gasteiger partial charge in [0.15, 0.2) is 0 Å². The summed E-state index contributed by atoms with van der Waals surface area (Å²) in [6, 6.07) is 7.42. The van der Waals surface area contributed by atoms with Gasteiger partial charge in [-0.25, -0.2) is 0 Å². The van der Waals surface area contributed by atoms with Crippen molar-refractivity contribution in [1.29, 1.82) is 0 Å². The second-order valence-corrected chi connectivity index (χ2v) is 5.16. The number of hydrogen-bond donors (Lipinski definition) is 2. The molecule has 3 N–H and O–H groups in total. The molecular weight excluding hydrogens is 222 g/mol. The fourth-order valence-corrected chi connectivity index (χ4v) is 2.79. The van der Waals surface area contributed by atoms with Crippen molar-refractivity contribution in [2.75, 3.05) is 6.54 Å². The van der Waals surface area contributed by atoms with E-state index in [0.717, 1.165) is 18.4 Å². The molecule has 1 aliphatic carbocycles. The maximum Gasteiger partial charge on any atom is 0.0858 e. The molecule has 1 unspecified atom stereocenters. The standard InChI is InChI=1S/C13H18ClNO/c14-11-5-3-10(4-6-11)12(16)13(9-15)7-1-2-8-13/h3-6,12,16H,1-2,7-9,15H2. The molecule has 0 bridgehead atoms. The highest BCUT2D eigenvalue weighted by Gasteiger charge is 2.39. The highest BCUT2D eigenvalue weighted by molar-refractivity contribution is 6.30. The van der Waals surface area contributed by atoms with E-state index in [4.69, 9.17) is 17.3 Å². The van der Waals surface area contributed by atoms with Crippen molar-refractivity contribution in [3.8, 4) is 0 Å². The predicted molar refractivity (Wildman–Crippen MR) is 66.4 cm³/mol. The van der Waals surface area contributed by atoms with Crippen molar-refractivity contribution < 1.29 is 5.11 Å². The van der Waals surface area contributed by atoms with Crippen LogP contribution in [0, 0.1) is 5.41 Å². The Kier molecular flexibility index (Phi) is 3.53. The summed E-state index contributed by atoms with van der Waals surface area (Å²) in [4.78, 5) is 0. The zero-order valence-corrected chi connectivity index (χ0v) is 10.1. The average molecular weight is 240 g/mol. The highest BCUT2D eigenvalue weighted by atomic mass is 35.5. The van der Waals surface area contributed by atoms with Crippen LogP contribution in [0.2, 0.25) is 5.02 Å². The molecule has 1 fully saturated rings. The molecular formula is C13H18ClNO. The Morgan fingerprint density at radius 1 is 1.25 bits per heavy atom. The molecule has 1 saturated carbocycles. The van der Waals surface area contributed by atoms with Crippen molar-refractivity contribution in [3.05, 3.63) is 34.9 Å². The summed E-state index contributed by atoms with van der Waals surface area (Å²) in [5, 5.41) is 11.1. The molecule has 0 saturated heterocycles. The summed E-state index contributed by atoms with van der Waals surface area (Å²) in [7, 11) is 0. The van der Waals surface area contributed by atoms with Crippen LogP contribution in [0.25, 0.3) is 0 Å². The molecule has 2 nitrogen and oxygen atoms in total. The molecule has 3 heteroatoms. The Hall–Kier alpha value is -0.570. The molecule has 0 heterocycles. The number of benzene rings is 1. The van der Waals surface area contributed by atoms with Crippen LogP contribution in [-0.2, 0) is 0 Å². The second kappa shape index (κ2) is 4.74. The molecule has 88 valence electrons. The van der Waals surface area contributed by atoms with Crippen LogP contribution in [0.4, 0.5) is 0 Å². The summed E-state index contributed by atoms with van der Waals surface area (Å²) in [6.45, 7) is 0.552. The first kappa shape index (κ1) is 11.9. The zero-order chi connectivity index (χ0) is 11.6. The maximum absolute atomic E-state index is 10.4. The summed E-state index contributed by atoms with van der Waals surface area (Å²) < 4.78 is 0. The minimum absolute atomic E-state index is 0.117. The largest absolute Gasteiger partial charge is 0.388 e. The lowest BCUT2D eigenvalue weighted by Gasteiger charge is -2.33. The zero-order valence-electron chi connectivity index (χ0n) is 9.32. The van der Waals surface area contributed by atoms with Gasteiger partial charge in [0.2, 0.25) is 0 Å². The summed E-state index contributed by atoms with van der Waals surface area (Å²) in [6.07, 6.45) is 3.92. The normalized spacial score (nSPS) is 20.9. The first-order chi connectivity index (χ1) is 7.68. The van der Waals surface area contributed by atoms with Crippen LogP contribution in [0.5, 0.6) is 0 Å². The van der Waals surface area contributed by atoms with E-state index in [1.807, 2.05) is 24.3 Å². The molecule has 1 aromatic carbocycles. The first-order valence-electron chi connectivity index (χ1n) is 5.81. The van der Waals surface area contributed by atoms with Gasteiger partial charge in [0, 0.05) is 17.0 Å². The SMILES string of the molecule is NCC1(C(O)c2ccc(Cl)cc2)CCCC1. The van der Waals surface area contributed by atoms with E-state index in [1.165, 1.54) is 12.8 Å². The van der Waals surface area contributed by atoms with Crippen LogP contribution in [0.15, 0.2) is 24.3 Å². The lowest BCUT2D eigenvalue weighted by molar-refractivity contribution is 0.0333. The van der Waals surface area contributed by atoms with E-state index in [9.17, 15) is 5.11 Å². The van der Waals surface area contributed by atoms with Gasteiger partial charge < -0.3 is 10.8 Å². The van der Waals surface area contributed by atoms with Gasteiger partial charge in [-0.15, -0.1) is 0 Å². The van der Waals surface area contributed by atoms with Crippen molar-refractivity contribution in [3.63, 3.8) is 0 Å². The number of aliphatic hydroxyl groups is 1. The molecule has 0 amide bonds. The fourth-order valence-electron chi connectivity index (χ4n) is 2.67. The Morgan fingerprint density at radius 3 is 2.31 bits per heavy atom. The third-order valence-corrected chi connectivity index (χ3v) is 4.02. The third kappa shape index (κ3) is 2.10. The van der Waals surface area contributed by atoms with Gasteiger partial charge in [0.05, 0.1) is 6.10 Å². The molecule has 0 aromatic heterocycles. The van der Waals surface area contributed by atoms with Crippen molar-refractivity contribution >= 4 is 11.6 Å². The maximum atomic E-state index is 10.4. The van der Waals surface area contributed by atoms with Gasteiger partial charge in [-0.2, -0.15) is 0 Å². The van der Waals surface area contributed by atoms with Crippen LogP contribution >= 0.6 is 11.6 Å². The van der Waals surface area contributed by atoms with E-state index in [0.29, 0.717) is 11.6 Å². The highest BCUT2D eigenvalue weighted by Crippen LogP contribution is 2.46. The summed E-state index contributed by atoms with van der Waals surface area (Å²) in [5.41, 5.74) is 6.66.